The van der Waals surface area contributed by atoms with Crippen LogP contribution in [0, 0.1) is 18.8 Å². The molecule has 1 aromatic heterocycles. The second-order valence-corrected chi connectivity index (χ2v) is 4.80. The van der Waals surface area contributed by atoms with Crippen molar-refractivity contribution in [1.82, 2.24) is 4.90 Å². The Labute approximate surface area is 124 Å². The lowest BCUT2D eigenvalue weighted by atomic mass is 10.1. The highest BCUT2D eigenvalue weighted by molar-refractivity contribution is 5.92. The summed E-state index contributed by atoms with van der Waals surface area (Å²) in [5.74, 6) is 6.05. The summed E-state index contributed by atoms with van der Waals surface area (Å²) in [5.41, 5.74) is 8.14. The number of nitrogens with zero attached hydrogens (tertiary/aromatic N) is 1. The zero-order valence-electron chi connectivity index (χ0n) is 12.2. The maximum Gasteiger partial charge on any atom is 0.289 e. The summed E-state index contributed by atoms with van der Waals surface area (Å²) in [7, 11) is 1.76. The first-order chi connectivity index (χ1) is 10.1. The van der Waals surface area contributed by atoms with Crippen LogP contribution in [0.15, 0.2) is 41.0 Å². The second kappa shape index (κ2) is 6.78. The lowest BCUT2D eigenvalue weighted by Gasteiger charge is -2.16. The molecule has 108 valence electrons. The standard InChI is InChI=1S/C17H18N2O2/c1-13-9-11-21-16(13)17(20)19(2)12-15-7-5-14(6-8-15)4-3-10-18/h5-9,11H,10,12,18H2,1-2H3. The van der Waals surface area contributed by atoms with Crippen LogP contribution in [0.5, 0.6) is 0 Å². The molecule has 0 fully saturated rings. The lowest BCUT2D eigenvalue weighted by Crippen LogP contribution is -2.26. The largest absolute Gasteiger partial charge is 0.459 e. The molecule has 4 heteroatoms. The molecule has 21 heavy (non-hydrogen) atoms. The van der Waals surface area contributed by atoms with Crippen LogP contribution in [-0.4, -0.2) is 24.4 Å². The van der Waals surface area contributed by atoms with Crippen LogP contribution in [0.4, 0.5) is 0 Å². The number of rotatable bonds is 3. The first kappa shape index (κ1) is 14.9. The van der Waals surface area contributed by atoms with Gasteiger partial charge in [-0.25, -0.2) is 0 Å². The highest BCUT2D eigenvalue weighted by Crippen LogP contribution is 2.13. The minimum Gasteiger partial charge on any atom is -0.459 e. The monoisotopic (exact) mass is 282 g/mol. The molecule has 0 radical (unpaired) electrons. The van der Waals surface area contributed by atoms with Gasteiger partial charge in [0.15, 0.2) is 5.76 Å². The molecule has 4 nitrogen and oxygen atoms in total. The maximum atomic E-state index is 12.2. The number of aryl methyl sites for hydroxylation is 1. The summed E-state index contributed by atoms with van der Waals surface area (Å²) < 4.78 is 5.23. The number of benzene rings is 1. The molecule has 2 aromatic rings. The summed E-state index contributed by atoms with van der Waals surface area (Å²) in [5, 5.41) is 0. The Bertz CT molecular complexity index is 675. The summed E-state index contributed by atoms with van der Waals surface area (Å²) >= 11 is 0. The molecule has 0 bridgehead atoms. The van der Waals surface area contributed by atoms with Crippen molar-refractivity contribution < 1.29 is 9.21 Å². The Hall–Kier alpha value is -2.51. The van der Waals surface area contributed by atoms with Gasteiger partial charge in [0.25, 0.3) is 5.91 Å². The number of amides is 1. The van der Waals surface area contributed by atoms with Crippen LogP contribution in [0.25, 0.3) is 0 Å². The minimum atomic E-state index is -0.121. The molecule has 0 spiro atoms. The quantitative estimate of drug-likeness (QED) is 0.878. The predicted molar refractivity (Wildman–Crippen MR) is 81.6 cm³/mol. The van der Waals surface area contributed by atoms with Gasteiger partial charge in [0.2, 0.25) is 0 Å². The molecule has 0 saturated heterocycles. The van der Waals surface area contributed by atoms with E-state index in [4.69, 9.17) is 10.2 Å². The lowest BCUT2D eigenvalue weighted by molar-refractivity contribution is 0.0752. The van der Waals surface area contributed by atoms with Crippen molar-refractivity contribution in [3.8, 4) is 11.8 Å². The van der Waals surface area contributed by atoms with E-state index in [0.29, 0.717) is 18.8 Å². The van der Waals surface area contributed by atoms with E-state index in [1.54, 1.807) is 18.0 Å². The fourth-order valence-electron chi connectivity index (χ4n) is 1.96. The van der Waals surface area contributed by atoms with E-state index in [-0.39, 0.29) is 5.91 Å². The summed E-state index contributed by atoms with van der Waals surface area (Å²) in [6.45, 7) is 2.72. The van der Waals surface area contributed by atoms with Crippen LogP contribution in [0.1, 0.15) is 27.2 Å². The normalized spacial score (nSPS) is 9.86. The molecule has 2 N–H and O–H groups in total. The van der Waals surface area contributed by atoms with Crippen molar-refractivity contribution in [3.05, 3.63) is 59.0 Å². The Balaban J connectivity index is 2.04. The van der Waals surface area contributed by atoms with Crippen molar-refractivity contribution in [2.45, 2.75) is 13.5 Å². The van der Waals surface area contributed by atoms with Gasteiger partial charge in [-0.05, 0) is 30.7 Å². The molecule has 0 aliphatic carbocycles. The van der Waals surface area contributed by atoms with Gasteiger partial charge >= 0.3 is 0 Å². The summed E-state index contributed by atoms with van der Waals surface area (Å²) in [6, 6.07) is 9.55. The van der Waals surface area contributed by atoms with Gasteiger partial charge in [0, 0.05) is 24.7 Å². The third kappa shape index (κ3) is 3.74. The van der Waals surface area contributed by atoms with E-state index in [2.05, 4.69) is 11.8 Å². The number of hydrogen-bond acceptors (Lipinski definition) is 3. The predicted octanol–water partition coefficient (Wildman–Crippen LogP) is 2.17. The minimum absolute atomic E-state index is 0.121. The number of carbonyl (C=O) groups is 1. The van der Waals surface area contributed by atoms with Crippen molar-refractivity contribution in [3.63, 3.8) is 0 Å². The fraction of sp³-hybridized carbons (Fsp3) is 0.235. The van der Waals surface area contributed by atoms with Crippen LogP contribution < -0.4 is 5.73 Å². The Morgan fingerprint density at radius 1 is 1.29 bits per heavy atom. The zero-order valence-corrected chi connectivity index (χ0v) is 12.2. The maximum absolute atomic E-state index is 12.2. The molecule has 1 aromatic carbocycles. The van der Waals surface area contributed by atoms with Crippen molar-refractivity contribution in [2.24, 2.45) is 5.73 Å². The third-order valence-corrected chi connectivity index (χ3v) is 3.11. The highest BCUT2D eigenvalue weighted by Gasteiger charge is 2.17. The van der Waals surface area contributed by atoms with Gasteiger partial charge in [0.05, 0.1) is 12.8 Å². The molecule has 0 aliphatic rings. The number of hydrogen-bond donors (Lipinski definition) is 1. The number of furan rings is 1. The van der Waals surface area contributed by atoms with Gasteiger partial charge in [-0.2, -0.15) is 0 Å². The second-order valence-electron chi connectivity index (χ2n) is 4.80. The molecular weight excluding hydrogens is 264 g/mol. The Kier molecular flexibility index (Phi) is 4.81. The molecule has 0 atom stereocenters. The molecule has 0 unspecified atom stereocenters. The highest BCUT2D eigenvalue weighted by atomic mass is 16.3. The third-order valence-electron chi connectivity index (χ3n) is 3.11. The van der Waals surface area contributed by atoms with Gasteiger partial charge in [-0.3, -0.25) is 4.79 Å². The van der Waals surface area contributed by atoms with Gasteiger partial charge in [-0.15, -0.1) is 0 Å². The smallest absolute Gasteiger partial charge is 0.289 e. The van der Waals surface area contributed by atoms with E-state index in [0.717, 1.165) is 16.7 Å². The van der Waals surface area contributed by atoms with E-state index in [1.165, 1.54) is 6.26 Å². The average molecular weight is 282 g/mol. The van der Waals surface area contributed by atoms with E-state index >= 15 is 0 Å². The fourth-order valence-corrected chi connectivity index (χ4v) is 1.96. The van der Waals surface area contributed by atoms with Gasteiger partial charge in [-0.1, -0.05) is 24.0 Å². The van der Waals surface area contributed by atoms with Crippen LogP contribution >= 0.6 is 0 Å². The van der Waals surface area contributed by atoms with Crippen molar-refractivity contribution in [1.29, 1.82) is 0 Å². The molecular formula is C17H18N2O2. The molecule has 2 rings (SSSR count). The first-order valence-corrected chi connectivity index (χ1v) is 6.69. The molecule has 0 saturated carbocycles. The Morgan fingerprint density at radius 2 is 2.00 bits per heavy atom. The SMILES string of the molecule is Cc1ccoc1C(=O)N(C)Cc1ccc(C#CCN)cc1. The van der Waals surface area contributed by atoms with E-state index in [1.807, 2.05) is 31.2 Å². The molecule has 0 aliphatic heterocycles. The van der Waals surface area contributed by atoms with E-state index in [9.17, 15) is 4.79 Å². The average Bonchev–Trinajstić information content (AvgIpc) is 2.92. The van der Waals surface area contributed by atoms with Gasteiger partial charge in [0.1, 0.15) is 0 Å². The van der Waals surface area contributed by atoms with Crippen LogP contribution in [-0.2, 0) is 6.54 Å². The topological polar surface area (TPSA) is 59.5 Å². The number of nitrogens with two attached hydrogens (primary N) is 1. The van der Waals surface area contributed by atoms with Crippen molar-refractivity contribution >= 4 is 5.91 Å². The van der Waals surface area contributed by atoms with Gasteiger partial charge < -0.3 is 15.1 Å². The van der Waals surface area contributed by atoms with Crippen molar-refractivity contribution in [2.75, 3.05) is 13.6 Å². The zero-order chi connectivity index (χ0) is 15.2. The van der Waals surface area contributed by atoms with Crippen LogP contribution in [0.2, 0.25) is 0 Å². The van der Waals surface area contributed by atoms with E-state index < -0.39 is 0 Å². The summed E-state index contributed by atoms with van der Waals surface area (Å²) in [6.07, 6.45) is 1.53. The molecule has 1 amide bonds. The van der Waals surface area contributed by atoms with Crippen LogP contribution in [0.3, 0.4) is 0 Å². The number of carbonyl (C=O) groups excluding carboxylic acids is 1. The Morgan fingerprint density at radius 3 is 2.57 bits per heavy atom. The molecule has 1 heterocycles. The summed E-state index contributed by atoms with van der Waals surface area (Å²) in [4.78, 5) is 13.9. The first-order valence-electron chi connectivity index (χ1n) is 6.69.